The number of ether oxygens (including phenoxy) is 1. The Balaban J connectivity index is 2.10. The second-order valence-electron chi connectivity index (χ2n) is 4.56. The molecule has 18 heavy (non-hydrogen) atoms. The number of aliphatic hydroxyl groups excluding tert-OH is 2. The molecule has 2 aliphatic rings. The van der Waals surface area contributed by atoms with Crippen LogP contribution in [-0.2, 0) is 11.3 Å². The van der Waals surface area contributed by atoms with Gasteiger partial charge in [0.05, 0.1) is 19.1 Å². The van der Waals surface area contributed by atoms with Crippen molar-refractivity contribution in [2.24, 2.45) is 0 Å². The van der Waals surface area contributed by atoms with E-state index in [1.54, 1.807) is 10.9 Å². The lowest BCUT2D eigenvalue weighted by Gasteiger charge is -2.19. The van der Waals surface area contributed by atoms with Crippen LogP contribution in [0.3, 0.4) is 0 Å². The van der Waals surface area contributed by atoms with Crippen molar-refractivity contribution in [1.82, 2.24) is 19.1 Å². The molecule has 0 radical (unpaired) electrons. The highest BCUT2D eigenvalue weighted by atomic mass is 16.6. The summed E-state index contributed by atoms with van der Waals surface area (Å²) >= 11 is 0. The predicted octanol–water partition coefficient (Wildman–Crippen LogP) is -1.77. The van der Waals surface area contributed by atoms with Crippen molar-refractivity contribution in [2.75, 3.05) is 0 Å². The highest BCUT2D eigenvalue weighted by Gasteiger charge is 2.46. The van der Waals surface area contributed by atoms with Crippen molar-refractivity contribution in [2.45, 2.75) is 31.1 Å². The molecule has 0 aromatic carbocycles. The van der Waals surface area contributed by atoms with E-state index in [4.69, 9.17) is 4.74 Å². The van der Waals surface area contributed by atoms with Gasteiger partial charge in [-0.15, -0.1) is 0 Å². The molecule has 94 valence electrons. The Bertz CT molecular complexity index is 693. The minimum atomic E-state index is -1.14. The van der Waals surface area contributed by atoms with E-state index in [1.807, 2.05) is 0 Å². The highest BCUT2D eigenvalue weighted by molar-refractivity contribution is 5.70. The zero-order valence-electron chi connectivity index (χ0n) is 9.17. The van der Waals surface area contributed by atoms with Crippen molar-refractivity contribution in [3.05, 3.63) is 23.0 Å². The maximum absolute atomic E-state index is 11.9. The van der Waals surface area contributed by atoms with Gasteiger partial charge >= 0.3 is 5.69 Å². The summed E-state index contributed by atoms with van der Waals surface area (Å²) < 4.78 is 8.52. The minimum absolute atomic E-state index is 0.342. The van der Waals surface area contributed by atoms with E-state index >= 15 is 0 Å². The van der Waals surface area contributed by atoms with Crippen molar-refractivity contribution in [1.29, 1.82) is 0 Å². The Kier molecular flexibility index (Phi) is 1.79. The first-order valence-corrected chi connectivity index (χ1v) is 5.61. The molecule has 1 saturated heterocycles. The normalized spacial score (nSPS) is 33.9. The van der Waals surface area contributed by atoms with Gasteiger partial charge in [-0.05, 0) is 0 Å². The molecule has 4 atom stereocenters. The van der Waals surface area contributed by atoms with Gasteiger partial charge in [-0.3, -0.25) is 0 Å². The Morgan fingerprint density at radius 3 is 3.00 bits per heavy atom. The molecule has 4 rings (SSSR count). The number of rotatable bonds is 0. The number of imidazole rings is 1. The molecule has 1 fully saturated rings. The predicted molar refractivity (Wildman–Crippen MR) is 57.7 cm³/mol. The number of aliphatic hydroxyl groups is 2. The van der Waals surface area contributed by atoms with Gasteiger partial charge in [0.15, 0.2) is 6.23 Å². The fourth-order valence-corrected chi connectivity index (χ4v) is 2.66. The SMILES string of the molecule is O=c1ncc2ncn3c2n1C1OC(C3)C(O)C1O. The first-order chi connectivity index (χ1) is 8.66. The quantitative estimate of drug-likeness (QED) is 0.573. The minimum Gasteiger partial charge on any atom is -0.387 e. The largest absolute Gasteiger partial charge is 0.387 e. The second-order valence-corrected chi connectivity index (χ2v) is 4.56. The zero-order valence-corrected chi connectivity index (χ0v) is 9.17. The smallest absolute Gasteiger partial charge is 0.351 e. The Hall–Kier alpha value is -1.77. The van der Waals surface area contributed by atoms with E-state index in [-0.39, 0.29) is 0 Å². The molecule has 2 aromatic heterocycles. The van der Waals surface area contributed by atoms with Crippen molar-refractivity contribution in [3.63, 3.8) is 0 Å². The molecule has 0 spiro atoms. The molecule has 8 nitrogen and oxygen atoms in total. The molecule has 4 unspecified atom stereocenters. The summed E-state index contributed by atoms with van der Waals surface area (Å²) in [4.78, 5) is 19.7. The second kappa shape index (κ2) is 3.16. The molecule has 4 heterocycles. The standard InChI is InChI=1S/C10H10N4O4/c15-6-5-2-13-3-12-4-1-11-10(17)14(8(4)13)9(18-5)7(6)16/h1,3,5-7,9,15-16H,2H2. The maximum atomic E-state index is 11.9. The van der Waals surface area contributed by atoms with Gasteiger partial charge in [0.25, 0.3) is 0 Å². The van der Waals surface area contributed by atoms with Crippen LogP contribution >= 0.6 is 0 Å². The van der Waals surface area contributed by atoms with Crippen molar-refractivity contribution in [3.8, 4) is 0 Å². The van der Waals surface area contributed by atoms with Crippen LogP contribution in [0.25, 0.3) is 11.2 Å². The van der Waals surface area contributed by atoms with Crippen LogP contribution in [0.1, 0.15) is 6.23 Å². The molecule has 2 N–H and O–H groups in total. The van der Waals surface area contributed by atoms with Crippen LogP contribution in [0.5, 0.6) is 0 Å². The first-order valence-electron chi connectivity index (χ1n) is 5.61. The van der Waals surface area contributed by atoms with Crippen molar-refractivity contribution < 1.29 is 14.9 Å². The van der Waals surface area contributed by atoms with E-state index in [0.29, 0.717) is 17.7 Å². The van der Waals surface area contributed by atoms with Crippen molar-refractivity contribution >= 4 is 11.2 Å². The van der Waals surface area contributed by atoms with Gasteiger partial charge in [-0.2, -0.15) is 4.98 Å². The average molecular weight is 250 g/mol. The molecule has 2 aliphatic heterocycles. The summed E-state index contributed by atoms with van der Waals surface area (Å²) in [6.45, 7) is 0.342. The van der Waals surface area contributed by atoms with E-state index in [2.05, 4.69) is 9.97 Å². The molecule has 0 amide bonds. The molecule has 0 aliphatic carbocycles. The van der Waals surface area contributed by atoms with Gasteiger partial charge in [0, 0.05) is 0 Å². The summed E-state index contributed by atoms with van der Waals surface area (Å²) in [6.07, 6.45) is -0.650. The summed E-state index contributed by atoms with van der Waals surface area (Å²) in [7, 11) is 0. The Morgan fingerprint density at radius 1 is 1.33 bits per heavy atom. The number of hydrogen-bond acceptors (Lipinski definition) is 6. The summed E-state index contributed by atoms with van der Waals surface area (Å²) in [6, 6.07) is 0. The maximum Gasteiger partial charge on any atom is 0.351 e. The van der Waals surface area contributed by atoms with Crippen LogP contribution in [0.15, 0.2) is 17.3 Å². The first kappa shape index (κ1) is 10.2. The topological polar surface area (TPSA) is 102 Å². The molecule has 2 bridgehead atoms. The third kappa shape index (κ3) is 1.07. The average Bonchev–Trinajstić information content (AvgIpc) is 2.80. The molecular formula is C10H10N4O4. The van der Waals surface area contributed by atoms with Crippen LogP contribution in [-0.4, -0.2) is 47.6 Å². The lowest BCUT2D eigenvalue weighted by Crippen LogP contribution is -2.38. The fourth-order valence-electron chi connectivity index (χ4n) is 2.66. The lowest BCUT2D eigenvalue weighted by molar-refractivity contribution is -0.0352. The van der Waals surface area contributed by atoms with E-state index in [0.717, 1.165) is 0 Å². The molecule has 2 aromatic rings. The summed E-state index contributed by atoms with van der Waals surface area (Å²) in [5, 5.41) is 19.8. The van der Waals surface area contributed by atoms with E-state index in [9.17, 15) is 15.0 Å². The zero-order chi connectivity index (χ0) is 12.4. The molecule has 0 saturated carbocycles. The van der Waals surface area contributed by atoms with Crippen LogP contribution in [0.2, 0.25) is 0 Å². The number of fused-ring (bicyclic) bond motifs is 3. The number of aromatic nitrogens is 4. The van der Waals surface area contributed by atoms with E-state index in [1.165, 1.54) is 10.8 Å². The summed E-state index contributed by atoms with van der Waals surface area (Å²) in [5.41, 5.74) is 0.601. The van der Waals surface area contributed by atoms with Crippen LogP contribution in [0.4, 0.5) is 0 Å². The molecule has 8 heteroatoms. The van der Waals surface area contributed by atoms with Gasteiger partial charge in [0.2, 0.25) is 0 Å². The van der Waals surface area contributed by atoms with Gasteiger partial charge in [-0.1, -0.05) is 0 Å². The van der Waals surface area contributed by atoms with Gasteiger partial charge in [-0.25, -0.2) is 14.3 Å². The van der Waals surface area contributed by atoms with Gasteiger partial charge in [0.1, 0.15) is 29.5 Å². The van der Waals surface area contributed by atoms with Gasteiger partial charge < -0.3 is 19.5 Å². The lowest BCUT2D eigenvalue weighted by atomic mass is 10.1. The summed E-state index contributed by atoms with van der Waals surface area (Å²) in [5.74, 6) is 0. The fraction of sp³-hybridized carbons (Fsp3) is 0.500. The number of nitrogens with zero attached hydrogens (tertiary/aromatic N) is 4. The monoisotopic (exact) mass is 250 g/mol. The van der Waals surface area contributed by atoms with E-state index < -0.39 is 30.2 Å². The third-order valence-electron chi connectivity index (χ3n) is 3.54. The molecular weight excluding hydrogens is 240 g/mol. The van der Waals surface area contributed by atoms with Crippen LogP contribution in [0, 0.1) is 0 Å². The third-order valence-corrected chi connectivity index (χ3v) is 3.54. The number of hydrogen-bond donors (Lipinski definition) is 2. The van der Waals surface area contributed by atoms with Crippen LogP contribution < -0.4 is 5.69 Å². The highest BCUT2D eigenvalue weighted by Crippen LogP contribution is 2.34. The Morgan fingerprint density at radius 2 is 2.17 bits per heavy atom. The Labute approximate surface area is 100 Å².